The quantitative estimate of drug-likeness (QED) is 0.876. The zero-order chi connectivity index (χ0) is 13.7. The van der Waals surface area contributed by atoms with Gasteiger partial charge in [0.15, 0.2) is 0 Å². The molecule has 2 rings (SSSR count). The van der Waals surface area contributed by atoms with Gasteiger partial charge in [-0.25, -0.2) is 0 Å². The van der Waals surface area contributed by atoms with Gasteiger partial charge in [-0.1, -0.05) is 27.3 Å². The standard InChI is InChI=1S/C13H16BrN3OS/c1-3-15-11(12-8-19-17-16-12)7-9-6-10(14)4-5-13(9)18-2/h4-6,8,11,15H,3,7H2,1-2H3. The van der Waals surface area contributed by atoms with Crippen LogP contribution in [0.5, 0.6) is 5.75 Å². The Bertz CT molecular complexity index is 519. The fourth-order valence-electron chi connectivity index (χ4n) is 1.98. The van der Waals surface area contributed by atoms with Crippen molar-refractivity contribution >= 4 is 27.5 Å². The fourth-order valence-corrected chi connectivity index (χ4v) is 2.89. The van der Waals surface area contributed by atoms with Crippen LogP contribution >= 0.6 is 27.5 Å². The van der Waals surface area contributed by atoms with Crippen LogP contribution in [-0.2, 0) is 6.42 Å². The first kappa shape index (κ1) is 14.4. The van der Waals surface area contributed by atoms with E-state index in [2.05, 4.69) is 43.8 Å². The van der Waals surface area contributed by atoms with Gasteiger partial charge < -0.3 is 10.1 Å². The van der Waals surface area contributed by atoms with Gasteiger partial charge >= 0.3 is 0 Å². The minimum atomic E-state index is 0.159. The highest BCUT2D eigenvalue weighted by molar-refractivity contribution is 9.10. The van der Waals surface area contributed by atoms with Crippen LogP contribution in [0.1, 0.15) is 24.2 Å². The molecule has 0 radical (unpaired) electrons. The Balaban J connectivity index is 2.24. The Morgan fingerprint density at radius 3 is 2.95 bits per heavy atom. The highest BCUT2D eigenvalue weighted by Gasteiger charge is 2.16. The summed E-state index contributed by atoms with van der Waals surface area (Å²) in [7, 11) is 1.69. The van der Waals surface area contributed by atoms with E-state index in [0.29, 0.717) is 0 Å². The van der Waals surface area contributed by atoms with Crippen molar-refractivity contribution in [3.8, 4) is 5.75 Å². The molecule has 0 aliphatic carbocycles. The average molecular weight is 342 g/mol. The van der Waals surface area contributed by atoms with E-state index in [9.17, 15) is 0 Å². The number of hydrogen-bond acceptors (Lipinski definition) is 5. The summed E-state index contributed by atoms with van der Waals surface area (Å²) in [5, 5.41) is 9.58. The molecule has 2 aromatic rings. The summed E-state index contributed by atoms with van der Waals surface area (Å²) in [6.07, 6.45) is 0.821. The zero-order valence-corrected chi connectivity index (χ0v) is 13.3. The number of aromatic nitrogens is 2. The highest BCUT2D eigenvalue weighted by Crippen LogP contribution is 2.27. The predicted molar refractivity (Wildman–Crippen MR) is 80.7 cm³/mol. The first-order chi connectivity index (χ1) is 9.24. The summed E-state index contributed by atoms with van der Waals surface area (Å²) in [6.45, 7) is 2.98. The molecule has 6 heteroatoms. The van der Waals surface area contributed by atoms with Gasteiger partial charge in [0.1, 0.15) is 5.75 Å². The molecule has 1 heterocycles. The number of rotatable bonds is 6. The second-order valence-corrected chi connectivity index (χ2v) is 5.63. The summed E-state index contributed by atoms with van der Waals surface area (Å²) in [6, 6.07) is 6.20. The van der Waals surface area contributed by atoms with E-state index in [0.717, 1.165) is 34.4 Å². The van der Waals surface area contributed by atoms with Crippen molar-refractivity contribution in [2.45, 2.75) is 19.4 Å². The molecular formula is C13H16BrN3OS. The number of likely N-dealkylation sites (N-methyl/N-ethyl adjacent to an activating group) is 1. The summed E-state index contributed by atoms with van der Waals surface area (Å²) in [5.41, 5.74) is 2.13. The smallest absolute Gasteiger partial charge is 0.122 e. The van der Waals surface area contributed by atoms with Gasteiger partial charge in [0, 0.05) is 9.85 Å². The molecule has 1 atom stereocenters. The Morgan fingerprint density at radius 2 is 2.32 bits per heavy atom. The van der Waals surface area contributed by atoms with Crippen LogP contribution in [-0.4, -0.2) is 23.2 Å². The third kappa shape index (κ3) is 3.75. The third-order valence-corrected chi connectivity index (χ3v) is 3.87. The van der Waals surface area contributed by atoms with Crippen molar-refractivity contribution in [3.05, 3.63) is 39.3 Å². The molecule has 0 aliphatic heterocycles. The molecule has 19 heavy (non-hydrogen) atoms. The van der Waals surface area contributed by atoms with E-state index in [1.165, 1.54) is 11.5 Å². The van der Waals surface area contributed by atoms with Gasteiger partial charge in [-0.2, -0.15) is 0 Å². The molecule has 0 aliphatic rings. The number of halogens is 1. The van der Waals surface area contributed by atoms with Gasteiger partial charge in [-0.15, -0.1) is 5.10 Å². The molecule has 1 unspecified atom stereocenters. The second-order valence-electron chi connectivity index (χ2n) is 4.10. The maximum absolute atomic E-state index is 5.41. The lowest BCUT2D eigenvalue weighted by molar-refractivity contribution is 0.405. The molecule has 4 nitrogen and oxygen atoms in total. The Labute approximate surface area is 125 Å². The summed E-state index contributed by atoms with van der Waals surface area (Å²) in [4.78, 5) is 0. The first-order valence-electron chi connectivity index (χ1n) is 6.07. The van der Waals surface area contributed by atoms with Crippen molar-refractivity contribution < 1.29 is 4.74 Å². The number of hydrogen-bond donors (Lipinski definition) is 1. The van der Waals surface area contributed by atoms with Crippen LogP contribution in [0.15, 0.2) is 28.1 Å². The van der Waals surface area contributed by atoms with Crippen LogP contribution in [0, 0.1) is 0 Å². The molecule has 1 aromatic carbocycles. The number of benzene rings is 1. The lowest BCUT2D eigenvalue weighted by Crippen LogP contribution is -2.23. The summed E-state index contributed by atoms with van der Waals surface area (Å²) in [5.74, 6) is 0.897. The van der Waals surface area contributed by atoms with E-state index in [1.54, 1.807) is 7.11 Å². The van der Waals surface area contributed by atoms with Gasteiger partial charge in [-0.3, -0.25) is 0 Å². The summed E-state index contributed by atoms with van der Waals surface area (Å²) < 4.78 is 10.4. The van der Waals surface area contributed by atoms with Crippen LogP contribution < -0.4 is 10.1 Å². The molecule has 0 spiro atoms. The minimum Gasteiger partial charge on any atom is -0.496 e. The van der Waals surface area contributed by atoms with E-state index >= 15 is 0 Å². The van der Waals surface area contributed by atoms with Crippen LogP contribution in [0.2, 0.25) is 0 Å². The van der Waals surface area contributed by atoms with Gasteiger partial charge in [-0.05, 0) is 48.3 Å². The lowest BCUT2D eigenvalue weighted by Gasteiger charge is -2.17. The number of ether oxygens (including phenoxy) is 1. The normalized spacial score (nSPS) is 12.4. The van der Waals surface area contributed by atoms with Gasteiger partial charge in [0.05, 0.1) is 18.8 Å². The molecule has 1 aromatic heterocycles. The third-order valence-electron chi connectivity index (χ3n) is 2.85. The molecule has 1 N–H and O–H groups in total. The number of methoxy groups -OCH3 is 1. The lowest BCUT2D eigenvalue weighted by atomic mass is 10.0. The number of nitrogens with one attached hydrogen (secondary N) is 1. The van der Waals surface area contributed by atoms with Crippen molar-refractivity contribution in [1.82, 2.24) is 14.9 Å². The van der Waals surface area contributed by atoms with Crippen LogP contribution in [0.25, 0.3) is 0 Å². The monoisotopic (exact) mass is 341 g/mol. The number of nitrogens with zero attached hydrogens (tertiary/aromatic N) is 2. The van der Waals surface area contributed by atoms with Crippen molar-refractivity contribution in [2.75, 3.05) is 13.7 Å². The van der Waals surface area contributed by atoms with Crippen molar-refractivity contribution in [2.24, 2.45) is 0 Å². The Morgan fingerprint density at radius 1 is 1.47 bits per heavy atom. The fraction of sp³-hybridized carbons (Fsp3) is 0.385. The van der Waals surface area contributed by atoms with Crippen molar-refractivity contribution in [1.29, 1.82) is 0 Å². The Kier molecular flexibility index (Phi) is 5.30. The average Bonchev–Trinajstić information content (AvgIpc) is 2.92. The largest absolute Gasteiger partial charge is 0.496 e. The molecule has 102 valence electrons. The van der Waals surface area contributed by atoms with Crippen LogP contribution in [0.4, 0.5) is 0 Å². The van der Waals surface area contributed by atoms with E-state index in [-0.39, 0.29) is 6.04 Å². The van der Waals surface area contributed by atoms with Gasteiger partial charge in [0.2, 0.25) is 0 Å². The highest BCUT2D eigenvalue weighted by atomic mass is 79.9. The topological polar surface area (TPSA) is 47.0 Å². The molecule has 0 saturated carbocycles. The second kappa shape index (κ2) is 6.98. The predicted octanol–water partition coefficient (Wildman–Crippen LogP) is 3.20. The minimum absolute atomic E-state index is 0.159. The maximum Gasteiger partial charge on any atom is 0.122 e. The summed E-state index contributed by atoms with van der Waals surface area (Å²) >= 11 is 4.88. The molecular weight excluding hydrogens is 326 g/mol. The molecule has 0 saturated heterocycles. The van der Waals surface area contributed by atoms with E-state index < -0.39 is 0 Å². The van der Waals surface area contributed by atoms with Gasteiger partial charge in [0.25, 0.3) is 0 Å². The zero-order valence-electron chi connectivity index (χ0n) is 10.9. The molecule has 0 amide bonds. The SMILES string of the molecule is CCNC(Cc1cc(Br)ccc1OC)c1csnn1. The molecule has 0 bridgehead atoms. The van der Waals surface area contributed by atoms with Crippen molar-refractivity contribution in [3.63, 3.8) is 0 Å². The molecule has 0 fully saturated rings. The van der Waals surface area contributed by atoms with Crippen LogP contribution in [0.3, 0.4) is 0 Å². The first-order valence-corrected chi connectivity index (χ1v) is 7.70. The van der Waals surface area contributed by atoms with E-state index in [4.69, 9.17) is 4.74 Å². The maximum atomic E-state index is 5.41. The van der Waals surface area contributed by atoms with E-state index in [1.807, 2.05) is 17.5 Å². The Hall–Kier alpha value is -0.980.